The highest BCUT2D eigenvalue weighted by Crippen LogP contribution is 2.46. The fraction of sp³-hybridized carbons (Fsp3) is 0.500. The van der Waals surface area contributed by atoms with E-state index in [9.17, 15) is 27.9 Å². The number of hydrogen-bond donors (Lipinski definition) is 1. The van der Waals surface area contributed by atoms with Gasteiger partial charge in [-0.25, -0.2) is 4.98 Å². The van der Waals surface area contributed by atoms with Crippen molar-refractivity contribution in [1.82, 2.24) is 15.2 Å². The van der Waals surface area contributed by atoms with E-state index in [1.807, 2.05) is 0 Å². The summed E-state index contributed by atoms with van der Waals surface area (Å²) in [5.41, 5.74) is -1.75. The largest absolute Gasteiger partial charge is 0.530 e. The number of oxazole rings is 1. The number of nitrogens with one attached hydrogen (secondary N) is 1. The van der Waals surface area contributed by atoms with Crippen LogP contribution in [0.25, 0.3) is 11.1 Å². The van der Waals surface area contributed by atoms with Crippen LogP contribution in [0.3, 0.4) is 0 Å². The van der Waals surface area contributed by atoms with Gasteiger partial charge in [0.1, 0.15) is 17.1 Å². The van der Waals surface area contributed by atoms with Gasteiger partial charge in [-0.2, -0.15) is 13.2 Å². The number of rotatable bonds is 3. The molecule has 0 aliphatic carbocycles. The minimum atomic E-state index is -4.88. The third-order valence-electron chi connectivity index (χ3n) is 5.50. The number of carbonyl (C=O) groups excluding carboxylic acids is 2. The molecule has 3 atom stereocenters. The Labute approximate surface area is 176 Å². The number of carbonyl (C=O) groups is 2. The van der Waals surface area contributed by atoms with Crippen molar-refractivity contribution in [3.05, 3.63) is 28.1 Å². The van der Waals surface area contributed by atoms with E-state index in [4.69, 9.17) is 4.42 Å². The molecule has 2 bridgehead atoms. The predicted molar refractivity (Wildman–Crippen MR) is 97.1 cm³/mol. The summed E-state index contributed by atoms with van der Waals surface area (Å²) in [5.74, 6) is -1.14. The maximum Gasteiger partial charge on any atom is 0.429 e. The number of hydrogen-bond acceptors (Lipinski definition) is 7. The van der Waals surface area contributed by atoms with Crippen LogP contribution in [0.2, 0.25) is 0 Å². The molecule has 4 rings (SSSR count). The van der Waals surface area contributed by atoms with E-state index in [0.717, 1.165) is 17.9 Å². The summed E-state index contributed by atoms with van der Waals surface area (Å²) in [6, 6.07) is 2.13. The monoisotopic (exact) mass is 490 g/mol. The molecule has 2 aliphatic heterocycles. The third-order valence-corrected chi connectivity index (χ3v) is 6.12. The lowest BCUT2D eigenvalue weighted by Gasteiger charge is -2.44. The van der Waals surface area contributed by atoms with Gasteiger partial charge in [0.15, 0.2) is 5.58 Å². The molecule has 162 valence electrons. The number of aromatic nitrogens is 1. The van der Waals surface area contributed by atoms with Crippen LogP contribution in [0.15, 0.2) is 21.0 Å². The Morgan fingerprint density at radius 1 is 1.47 bits per heavy atom. The van der Waals surface area contributed by atoms with Gasteiger partial charge in [-0.15, -0.1) is 0 Å². The lowest BCUT2D eigenvalue weighted by molar-refractivity contribution is -0.274. The lowest BCUT2D eigenvalue weighted by atomic mass is 9.95. The van der Waals surface area contributed by atoms with Crippen LogP contribution >= 0.6 is 15.9 Å². The highest BCUT2D eigenvalue weighted by Gasteiger charge is 2.54. The number of nitrogens with zero attached hydrogens (tertiary/aromatic N) is 2. The van der Waals surface area contributed by atoms with Crippen molar-refractivity contribution >= 4 is 39.1 Å². The molecule has 8 nitrogen and oxygen atoms in total. The molecule has 2 aromatic rings. The van der Waals surface area contributed by atoms with Crippen molar-refractivity contribution in [2.24, 2.45) is 0 Å². The SMILES string of the molecule is CC(=O)OC(c1ccc(Br)c2oc(C34CCC(CNC3)N4C(=O)[O-])nc12)C(F)(F)F. The molecule has 0 radical (unpaired) electrons. The molecular weight excluding hydrogens is 475 g/mol. The number of esters is 1. The maximum atomic E-state index is 13.6. The van der Waals surface area contributed by atoms with Crippen LogP contribution < -0.4 is 10.4 Å². The number of benzene rings is 1. The van der Waals surface area contributed by atoms with Gasteiger partial charge in [-0.3, -0.25) is 4.79 Å². The van der Waals surface area contributed by atoms with Crippen LogP contribution in [0.1, 0.15) is 37.3 Å². The lowest BCUT2D eigenvalue weighted by Crippen LogP contribution is -2.63. The second-order valence-electron chi connectivity index (χ2n) is 7.36. The van der Waals surface area contributed by atoms with Crippen molar-refractivity contribution in [2.45, 2.75) is 43.6 Å². The highest BCUT2D eigenvalue weighted by molar-refractivity contribution is 9.10. The summed E-state index contributed by atoms with van der Waals surface area (Å²) < 4.78 is 51.5. The first-order chi connectivity index (χ1) is 14.0. The third kappa shape index (κ3) is 3.22. The van der Waals surface area contributed by atoms with Crippen LogP contribution in [-0.2, 0) is 15.1 Å². The predicted octanol–water partition coefficient (Wildman–Crippen LogP) is 2.36. The number of ether oxygens (including phenoxy) is 1. The second kappa shape index (κ2) is 7.12. The fourth-order valence-corrected chi connectivity index (χ4v) is 4.71. The topological polar surface area (TPSA) is 108 Å². The number of piperazine rings is 1. The minimum absolute atomic E-state index is 0.00518. The zero-order valence-electron chi connectivity index (χ0n) is 15.6. The molecule has 1 aromatic heterocycles. The smallest absolute Gasteiger partial charge is 0.429 e. The summed E-state index contributed by atoms with van der Waals surface area (Å²) in [7, 11) is 0. The first-order valence-electron chi connectivity index (χ1n) is 9.09. The number of fused-ring (bicyclic) bond motifs is 3. The van der Waals surface area contributed by atoms with Gasteiger partial charge in [0.25, 0.3) is 0 Å². The molecule has 1 aromatic carbocycles. The van der Waals surface area contributed by atoms with Gasteiger partial charge in [0.05, 0.1) is 4.47 Å². The minimum Gasteiger partial charge on any atom is -0.530 e. The number of amides is 1. The van der Waals surface area contributed by atoms with Crippen molar-refractivity contribution in [2.75, 3.05) is 13.1 Å². The molecule has 3 heterocycles. The van der Waals surface area contributed by atoms with E-state index in [0.29, 0.717) is 23.9 Å². The van der Waals surface area contributed by atoms with Gasteiger partial charge in [0, 0.05) is 31.6 Å². The molecule has 2 fully saturated rings. The van der Waals surface area contributed by atoms with E-state index < -0.39 is 35.4 Å². The molecule has 1 amide bonds. The quantitative estimate of drug-likeness (QED) is 0.657. The molecule has 2 saturated heterocycles. The number of alkyl halides is 3. The Kier molecular flexibility index (Phi) is 4.96. The highest BCUT2D eigenvalue weighted by atomic mass is 79.9. The van der Waals surface area contributed by atoms with Crippen molar-refractivity contribution in [3.63, 3.8) is 0 Å². The fourth-order valence-electron chi connectivity index (χ4n) is 4.30. The Bertz CT molecular complexity index is 1020. The van der Waals surface area contributed by atoms with Crippen LogP contribution in [0.5, 0.6) is 0 Å². The van der Waals surface area contributed by atoms with E-state index in [1.165, 1.54) is 6.07 Å². The summed E-state index contributed by atoms with van der Waals surface area (Å²) in [6.45, 7) is 1.50. The van der Waals surface area contributed by atoms with Gasteiger partial charge in [-0.1, -0.05) is 6.07 Å². The summed E-state index contributed by atoms with van der Waals surface area (Å²) in [4.78, 5) is 28.5. The molecule has 12 heteroatoms. The van der Waals surface area contributed by atoms with Crippen molar-refractivity contribution < 1.29 is 37.0 Å². The van der Waals surface area contributed by atoms with Gasteiger partial charge >= 0.3 is 12.1 Å². The Balaban J connectivity index is 1.89. The van der Waals surface area contributed by atoms with E-state index >= 15 is 0 Å². The molecule has 0 spiro atoms. The number of halogens is 4. The zero-order chi connectivity index (χ0) is 21.8. The maximum absolute atomic E-state index is 13.6. The van der Waals surface area contributed by atoms with E-state index in [1.54, 1.807) is 0 Å². The zero-order valence-corrected chi connectivity index (χ0v) is 17.2. The summed E-state index contributed by atoms with van der Waals surface area (Å²) in [6.07, 6.45) is -7.91. The normalized spacial score (nSPS) is 24.8. The second-order valence-corrected chi connectivity index (χ2v) is 8.21. The van der Waals surface area contributed by atoms with Gasteiger partial charge in [-0.05, 0) is 34.8 Å². The van der Waals surface area contributed by atoms with Gasteiger partial charge < -0.3 is 29.3 Å². The summed E-state index contributed by atoms with van der Waals surface area (Å²) in [5, 5.41) is 14.9. The Morgan fingerprint density at radius 3 is 2.83 bits per heavy atom. The molecule has 1 N–H and O–H groups in total. The van der Waals surface area contributed by atoms with Gasteiger partial charge in [0.2, 0.25) is 12.0 Å². The average molecular weight is 491 g/mol. The van der Waals surface area contributed by atoms with E-state index in [2.05, 4.69) is 31.0 Å². The summed E-state index contributed by atoms with van der Waals surface area (Å²) >= 11 is 3.23. The molecule has 2 aliphatic rings. The van der Waals surface area contributed by atoms with Crippen LogP contribution in [0, 0.1) is 0 Å². The average Bonchev–Trinajstić information content (AvgIpc) is 3.19. The van der Waals surface area contributed by atoms with E-state index in [-0.39, 0.29) is 29.6 Å². The standard InChI is InChI=1S/C18H17BrF3N3O5/c1-8(26)29-14(18(20,21)22)10-2-3-11(19)13-12(10)24-15(30-13)17-5-4-9(6-23-7-17)25(17)16(27)28/h2-3,9,14,23H,4-7H2,1H3,(H,27,28)/p-1. The van der Waals surface area contributed by atoms with Crippen molar-refractivity contribution in [3.8, 4) is 0 Å². The van der Waals surface area contributed by atoms with Crippen LogP contribution in [-0.4, -0.2) is 47.3 Å². The van der Waals surface area contributed by atoms with Crippen LogP contribution in [0.4, 0.5) is 18.0 Å². The molecule has 0 saturated carbocycles. The molecular formula is C18H16BrF3N3O5-. The molecule has 3 unspecified atom stereocenters. The number of carboxylic acid groups (broad SMARTS) is 1. The first-order valence-corrected chi connectivity index (χ1v) is 9.88. The molecule has 30 heavy (non-hydrogen) atoms. The van der Waals surface area contributed by atoms with Crippen molar-refractivity contribution in [1.29, 1.82) is 0 Å². The Morgan fingerprint density at radius 2 is 2.20 bits per heavy atom. The first kappa shape index (κ1) is 20.9. The Hall–Kier alpha value is -2.34.